The van der Waals surface area contributed by atoms with Gasteiger partial charge in [0.15, 0.2) is 0 Å². The molecular formula is C18H24ClN3O5. The van der Waals surface area contributed by atoms with Gasteiger partial charge >= 0.3 is 6.03 Å². The van der Waals surface area contributed by atoms with Crippen molar-refractivity contribution in [2.24, 2.45) is 0 Å². The molecule has 1 saturated heterocycles. The van der Waals surface area contributed by atoms with Crippen molar-refractivity contribution in [1.82, 2.24) is 15.5 Å². The highest BCUT2D eigenvalue weighted by atomic mass is 35.5. The van der Waals surface area contributed by atoms with Crippen molar-refractivity contribution < 1.29 is 23.9 Å². The Hall–Kier alpha value is -2.48. The van der Waals surface area contributed by atoms with E-state index in [9.17, 15) is 14.4 Å². The van der Waals surface area contributed by atoms with Crippen molar-refractivity contribution in [1.29, 1.82) is 0 Å². The van der Waals surface area contributed by atoms with Crippen molar-refractivity contribution in [2.45, 2.75) is 25.2 Å². The Morgan fingerprint density at radius 3 is 2.33 bits per heavy atom. The number of piperidine rings is 1. The Morgan fingerprint density at radius 1 is 1.22 bits per heavy atom. The van der Waals surface area contributed by atoms with Crippen molar-refractivity contribution in [3.05, 3.63) is 22.7 Å². The van der Waals surface area contributed by atoms with E-state index >= 15 is 0 Å². The summed E-state index contributed by atoms with van der Waals surface area (Å²) in [6, 6.07) is 3.23. The van der Waals surface area contributed by atoms with Crippen LogP contribution in [0.2, 0.25) is 5.02 Å². The number of hydrogen-bond acceptors (Lipinski definition) is 5. The number of halogens is 1. The average Bonchev–Trinajstić information content (AvgIpc) is 2.68. The van der Waals surface area contributed by atoms with Gasteiger partial charge < -0.3 is 19.7 Å². The van der Waals surface area contributed by atoms with Gasteiger partial charge in [-0.1, -0.05) is 11.6 Å². The Kier molecular flexibility index (Phi) is 7.72. The van der Waals surface area contributed by atoms with Crippen molar-refractivity contribution in [3.8, 4) is 11.5 Å². The van der Waals surface area contributed by atoms with Crippen LogP contribution in [0.15, 0.2) is 12.1 Å². The maximum absolute atomic E-state index is 12.3. The lowest BCUT2D eigenvalue weighted by atomic mass is 9.89. The fraction of sp³-hybridized carbons (Fsp3) is 0.500. The molecule has 1 aliphatic rings. The number of hydrogen-bond donors (Lipinski definition) is 2. The van der Waals surface area contributed by atoms with Gasteiger partial charge in [-0.15, -0.1) is 0 Å². The Bertz CT molecular complexity index is 665. The van der Waals surface area contributed by atoms with E-state index < -0.39 is 6.03 Å². The Labute approximate surface area is 163 Å². The van der Waals surface area contributed by atoms with E-state index in [1.165, 1.54) is 0 Å². The lowest BCUT2D eigenvalue weighted by Crippen LogP contribution is -2.41. The monoisotopic (exact) mass is 397 g/mol. The summed E-state index contributed by atoms with van der Waals surface area (Å²) in [5.41, 5.74) is 1.08. The SMILES string of the molecule is COc1cc(C2CCN(C(=O)CCNC(=O)NC=O)CC2)cc(OC)c1Cl. The molecule has 1 aliphatic heterocycles. The molecule has 0 radical (unpaired) electrons. The minimum absolute atomic E-state index is 0.0221. The number of likely N-dealkylation sites (tertiary alicyclic amines) is 1. The number of nitrogens with zero attached hydrogens (tertiary/aromatic N) is 1. The maximum Gasteiger partial charge on any atom is 0.321 e. The summed E-state index contributed by atoms with van der Waals surface area (Å²) in [4.78, 5) is 35.3. The van der Waals surface area contributed by atoms with Crippen molar-refractivity contribution in [3.63, 3.8) is 0 Å². The molecule has 1 fully saturated rings. The minimum Gasteiger partial charge on any atom is -0.495 e. The molecule has 9 heteroatoms. The summed E-state index contributed by atoms with van der Waals surface area (Å²) < 4.78 is 10.6. The Balaban J connectivity index is 1.89. The number of carbonyl (C=O) groups excluding carboxylic acids is 3. The summed E-state index contributed by atoms with van der Waals surface area (Å²) in [5.74, 6) is 1.41. The molecule has 0 aliphatic carbocycles. The molecule has 148 valence electrons. The van der Waals surface area contributed by atoms with E-state index in [-0.39, 0.29) is 24.8 Å². The predicted molar refractivity (Wildman–Crippen MR) is 100 cm³/mol. The quantitative estimate of drug-likeness (QED) is 0.685. The van der Waals surface area contributed by atoms with Crippen LogP contribution in [0.4, 0.5) is 4.79 Å². The fourth-order valence-corrected chi connectivity index (χ4v) is 3.40. The molecule has 0 spiro atoms. The number of amides is 4. The molecule has 1 aromatic rings. The first-order valence-electron chi connectivity index (χ1n) is 8.67. The van der Waals surface area contributed by atoms with Crippen LogP contribution in [-0.2, 0) is 9.59 Å². The summed E-state index contributed by atoms with van der Waals surface area (Å²) in [7, 11) is 3.13. The molecule has 0 unspecified atom stereocenters. The number of rotatable bonds is 7. The van der Waals surface area contributed by atoms with E-state index in [1.54, 1.807) is 19.1 Å². The lowest BCUT2D eigenvalue weighted by Gasteiger charge is -2.32. The number of urea groups is 1. The van der Waals surface area contributed by atoms with E-state index in [0.29, 0.717) is 36.0 Å². The zero-order chi connectivity index (χ0) is 19.8. The van der Waals surface area contributed by atoms with Crippen LogP contribution in [0.25, 0.3) is 0 Å². The van der Waals surface area contributed by atoms with Crippen LogP contribution < -0.4 is 20.1 Å². The van der Waals surface area contributed by atoms with E-state index in [0.717, 1.165) is 18.4 Å². The molecule has 2 rings (SSSR count). The molecule has 8 nitrogen and oxygen atoms in total. The largest absolute Gasteiger partial charge is 0.495 e. The molecule has 0 saturated carbocycles. The van der Waals surface area contributed by atoms with Gasteiger partial charge in [0.2, 0.25) is 12.3 Å². The van der Waals surface area contributed by atoms with Gasteiger partial charge in [0.05, 0.1) is 14.2 Å². The molecule has 1 heterocycles. The second kappa shape index (κ2) is 10.0. The summed E-state index contributed by atoms with van der Waals surface area (Å²) in [5, 5.41) is 4.86. The molecule has 1 aromatic carbocycles. The van der Waals surface area contributed by atoms with Gasteiger partial charge in [0, 0.05) is 26.1 Å². The molecule has 27 heavy (non-hydrogen) atoms. The van der Waals surface area contributed by atoms with Crippen molar-refractivity contribution in [2.75, 3.05) is 33.9 Å². The summed E-state index contributed by atoms with van der Waals surface area (Å²) in [6.07, 6.45) is 2.12. The second-order valence-electron chi connectivity index (χ2n) is 6.16. The number of imide groups is 1. The number of carbonyl (C=O) groups is 3. The predicted octanol–water partition coefficient (Wildman–Crippen LogP) is 1.91. The van der Waals surface area contributed by atoms with E-state index in [4.69, 9.17) is 21.1 Å². The minimum atomic E-state index is -0.609. The standard InChI is InChI=1S/C18H24ClN3O5/c1-26-14-9-13(10-15(27-2)17(14)19)12-4-7-22(8-5-12)16(24)3-6-20-18(25)21-11-23/h9-12H,3-8H2,1-2H3,(H2,20,21,23,25). The normalized spacial score (nSPS) is 14.4. The second-order valence-corrected chi connectivity index (χ2v) is 6.54. The summed E-state index contributed by atoms with van der Waals surface area (Å²) >= 11 is 6.22. The molecule has 0 bridgehead atoms. The fourth-order valence-electron chi connectivity index (χ4n) is 3.13. The Morgan fingerprint density at radius 2 is 1.81 bits per heavy atom. The van der Waals surface area contributed by atoms with Crippen LogP contribution in [0, 0.1) is 0 Å². The number of nitrogens with one attached hydrogen (secondary N) is 2. The van der Waals surface area contributed by atoms with Crippen molar-refractivity contribution >= 4 is 29.9 Å². The zero-order valence-electron chi connectivity index (χ0n) is 15.4. The third-order valence-corrected chi connectivity index (χ3v) is 4.97. The highest BCUT2D eigenvalue weighted by Crippen LogP contribution is 2.39. The molecule has 0 atom stereocenters. The first kappa shape index (κ1) is 20.8. The van der Waals surface area contributed by atoms with Gasteiger partial charge in [-0.2, -0.15) is 0 Å². The van der Waals surface area contributed by atoms with Gasteiger partial charge in [-0.3, -0.25) is 14.9 Å². The number of ether oxygens (including phenoxy) is 2. The van der Waals surface area contributed by atoms with E-state index in [2.05, 4.69) is 5.32 Å². The first-order valence-corrected chi connectivity index (χ1v) is 9.05. The third kappa shape index (κ3) is 5.50. The number of methoxy groups -OCH3 is 2. The van der Waals surface area contributed by atoms with Gasteiger partial charge in [0.1, 0.15) is 16.5 Å². The average molecular weight is 398 g/mol. The molecule has 4 amide bonds. The molecule has 0 aromatic heterocycles. The van der Waals surface area contributed by atoms with Gasteiger partial charge in [0.25, 0.3) is 0 Å². The van der Waals surface area contributed by atoms with Gasteiger partial charge in [-0.25, -0.2) is 4.79 Å². The van der Waals surface area contributed by atoms with Crippen LogP contribution in [-0.4, -0.2) is 57.1 Å². The summed E-state index contributed by atoms with van der Waals surface area (Å²) in [6.45, 7) is 1.46. The zero-order valence-corrected chi connectivity index (χ0v) is 16.2. The van der Waals surface area contributed by atoms with Gasteiger partial charge in [-0.05, 0) is 36.5 Å². The first-order chi connectivity index (χ1) is 13.0. The lowest BCUT2D eigenvalue weighted by molar-refractivity contribution is -0.132. The maximum atomic E-state index is 12.3. The van der Waals surface area contributed by atoms with Crippen LogP contribution >= 0.6 is 11.6 Å². The highest BCUT2D eigenvalue weighted by molar-refractivity contribution is 6.33. The molecular weight excluding hydrogens is 374 g/mol. The van der Waals surface area contributed by atoms with Crippen LogP contribution in [0.3, 0.4) is 0 Å². The smallest absolute Gasteiger partial charge is 0.321 e. The van der Waals surface area contributed by atoms with Crippen LogP contribution in [0.1, 0.15) is 30.7 Å². The molecule has 2 N–H and O–H groups in total. The topological polar surface area (TPSA) is 97.0 Å². The van der Waals surface area contributed by atoms with E-state index in [1.807, 2.05) is 17.4 Å². The number of benzene rings is 1. The third-order valence-electron chi connectivity index (χ3n) is 4.60. The van der Waals surface area contributed by atoms with Crippen LogP contribution in [0.5, 0.6) is 11.5 Å². The highest BCUT2D eigenvalue weighted by Gasteiger charge is 2.25.